The van der Waals surface area contributed by atoms with Crippen molar-refractivity contribution in [3.63, 3.8) is 0 Å². The summed E-state index contributed by atoms with van der Waals surface area (Å²) in [6.45, 7) is 7.14. The van der Waals surface area contributed by atoms with Crippen LogP contribution in [0.15, 0.2) is 42.5 Å². The number of thioether (sulfide) groups is 1. The van der Waals surface area contributed by atoms with Crippen molar-refractivity contribution in [3.8, 4) is 12.3 Å². The van der Waals surface area contributed by atoms with Crippen LogP contribution in [0.2, 0.25) is 5.02 Å². The summed E-state index contributed by atoms with van der Waals surface area (Å²) in [5.74, 6) is 2.51. The van der Waals surface area contributed by atoms with Gasteiger partial charge in [-0.1, -0.05) is 47.9 Å². The number of aryl methyl sites for hydroxylation is 1. The first-order chi connectivity index (χ1) is 19.0. The first-order valence-corrected chi connectivity index (χ1v) is 15.2. The highest BCUT2D eigenvalue weighted by Gasteiger charge is 2.42. The number of amides is 3. The summed E-state index contributed by atoms with van der Waals surface area (Å²) in [6.07, 6.45) is 9.88. The molecule has 0 radical (unpaired) electrons. The fraction of sp³-hybridized carbons (Fsp3) is 0.452. The van der Waals surface area contributed by atoms with Crippen LogP contribution in [0.3, 0.4) is 0 Å². The summed E-state index contributed by atoms with van der Waals surface area (Å²) in [5, 5.41) is 6.14. The third-order valence-corrected chi connectivity index (χ3v) is 7.69. The van der Waals surface area contributed by atoms with Crippen LogP contribution < -0.4 is 10.6 Å². The van der Waals surface area contributed by atoms with E-state index in [-0.39, 0.29) is 11.9 Å². The van der Waals surface area contributed by atoms with Gasteiger partial charge in [0, 0.05) is 11.6 Å². The van der Waals surface area contributed by atoms with Gasteiger partial charge in [-0.25, -0.2) is 4.79 Å². The molecule has 1 aliphatic carbocycles. The van der Waals surface area contributed by atoms with Crippen LogP contribution in [0.4, 0.5) is 10.5 Å². The summed E-state index contributed by atoms with van der Waals surface area (Å²) in [7, 11) is 0. The number of para-hydroxylation sites is 1. The normalized spacial score (nSPS) is 14.7. The molecule has 2 aromatic carbocycles. The van der Waals surface area contributed by atoms with Crippen molar-refractivity contribution in [1.29, 1.82) is 0 Å². The first kappa shape index (κ1) is 31.4. The topological polar surface area (TPSA) is 87.7 Å². The standard InChI is InChI=1S/C31H38ClN3O4S/c1-7-21-13-8-9-16-23(21)27(28(36)34-26-20(2)12-10-17-24(26)32)35(22-14-11-15-22)29(37)25(18-19-40-6)33-30(38)39-31(3,4)5/h1,8-10,12-13,16-17,22,25,27H,11,14-15,18-19H2,2-6H3,(H,33,38)(H,34,36). The average molecular weight is 584 g/mol. The molecule has 0 spiro atoms. The third-order valence-electron chi connectivity index (χ3n) is 6.73. The maximum Gasteiger partial charge on any atom is 0.408 e. The van der Waals surface area contributed by atoms with Crippen LogP contribution in [0.1, 0.15) is 69.2 Å². The molecule has 0 heterocycles. The largest absolute Gasteiger partial charge is 0.444 e. The molecular formula is C31H38ClN3O4S. The maximum absolute atomic E-state index is 14.4. The van der Waals surface area contributed by atoms with E-state index < -0.39 is 29.7 Å². The molecule has 2 N–H and O–H groups in total. The van der Waals surface area contributed by atoms with Gasteiger partial charge in [0.15, 0.2) is 0 Å². The molecule has 1 fully saturated rings. The van der Waals surface area contributed by atoms with Gasteiger partial charge in [0.25, 0.3) is 5.91 Å². The number of ether oxygens (including phenoxy) is 1. The maximum atomic E-state index is 14.4. The van der Waals surface area contributed by atoms with Crippen molar-refractivity contribution in [2.45, 2.75) is 77.1 Å². The highest BCUT2D eigenvalue weighted by Crippen LogP contribution is 2.36. The summed E-state index contributed by atoms with van der Waals surface area (Å²) in [4.78, 5) is 42.9. The lowest BCUT2D eigenvalue weighted by Gasteiger charge is -2.44. The number of benzene rings is 2. The van der Waals surface area contributed by atoms with Crippen LogP contribution in [-0.2, 0) is 14.3 Å². The molecule has 1 saturated carbocycles. The second-order valence-electron chi connectivity index (χ2n) is 10.9. The zero-order valence-corrected chi connectivity index (χ0v) is 25.3. The minimum Gasteiger partial charge on any atom is -0.444 e. The van der Waals surface area contributed by atoms with E-state index in [0.717, 1.165) is 24.8 Å². The average Bonchev–Trinajstić information content (AvgIpc) is 2.86. The summed E-state index contributed by atoms with van der Waals surface area (Å²) < 4.78 is 5.47. The predicted molar refractivity (Wildman–Crippen MR) is 163 cm³/mol. The Morgan fingerprint density at radius 2 is 1.88 bits per heavy atom. The molecule has 0 aromatic heterocycles. The SMILES string of the molecule is C#Cc1ccccc1C(C(=O)Nc1c(C)cccc1Cl)N(C(=O)C(CCSC)NC(=O)OC(C)(C)C)C1CCC1. The number of nitrogens with zero attached hydrogens (tertiary/aromatic N) is 1. The van der Waals surface area contributed by atoms with E-state index in [1.165, 1.54) is 0 Å². The van der Waals surface area contributed by atoms with Gasteiger partial charge >= 0.3 is 6.09 Å². The number of nitrogens with one attached hydrogen (secondary N) is 2. The molecule has 9 heteroatoms. The van der Waals surface area contributed by atoms with Gasteiger partial charge in [-0.2, -0.15) is 11.8 Å². The van der Waals surface area contributed by atoms with Crippen LogP contribution in [-0.4, -0.2) is 52.5 Å². The first-order valence-electron chi connectivity index (χ1n) is 13.4. The highest BCUT2D eigenvalue weighted by molar-refractivity contribution is 7.98. The number of hydrogen-bond donors (Lipinski definition) is 2. The van der Waals surface area contributed by atoms with Crippen molar-refractivity contribution in [2.75, 3.05) is 17.3 Å². The number of terminal acetylenes is 1. The van der Waals surface area contributed by atoms with Crippen molar-refractivity contribution in [1.82, 2.24) is 10.2 Å². The van der Waals surface area contributed by atoms with Crippen molar-refractivity contribution < 1.29 is 19.1 Å². The fourth-order valence-corrected chi connectivity index (χ4v) is 5.31. The molecular weight excluding hydrogens is 546 g/mol. The molecule has 3 rings (SSSR count). The van der Waals surface area contributed by atoms with Crippen molar-refractivity contribution in [2.24, 2.45) is 0 Å². The second kappa shape index (κ2) is 14.0. The monoisotopic (exact) mass is 583 g/mol. The van der Waals surface area contributed by atoms with Gasteiger partial charge in [0.2, 0.25) is 5.91 Å². The summed E-state index contributed by atoms with van der Waals surface area (Å²) in [5.41, 5.74) is 1.58. The Hall–Kier alpha value is -3.15. The Bertz CT molecular complexity index is 1250. The van der Waals surface area contributed by atoms with Gasteiger partial charge in [-0.3, -0.25) is 9.59 Å². The Morgan fingerprint density at radius 1 is 1.18 bits per heavy atom. The minimum absolute atomic E-state index is 0.196. The Kier molecular flexibility index (Phi) is 11.0. The smallest absolute Gasteiger partial charge is 0.408 e. The van der Waals surface area contributed by atoms with Crippen LogP contribution in [0.25, 0.3) is 0 Å². The van der Waals surface area contributed by atoms with Crippen molar-refractivity contribution in [3.05, 3.63) is 64.2 Å². The van der Waals surface area contributed by atoms with E-state index in [1.807, 2.05) is 19.2 Å². The Morgan fingerprint density at radius 3 is 2.45 bits per heavy atom. The number of hydrogen-bond acceptors (Lipinski definition) is 5. The van der Waals surface area contributed by atoms with E-state index in [1.54, 1.807) is 73.8 Å². The molecule has 0 aliphatic heterocycles. The molecule has 3 amide bonds. The van der Waals surface area contributed by atoms with E-state index in [0.29, 0.717) is 34.0 Å². The fourth-order valence-electron chi connectivity index (χ4n) is 4.57. The quantitative estimate of drug-likeness (QED) is 0.319. The van der Waals surface area contributed by atoms with E-state index in [4.69, 9.17) is 22.8 Å². The van der Waals surface area contributed by atoms with Crippen molar-refractivity contribution >= 4 is 47.0 Å². The molecule has 2 unspecified atom stereocenters. The Labute approximate surface area is 246 Å². The van der Waals surface area contributed by atoms with Crippen LogP contribution in [0, 0.1) is 19.3 Å². The summed E-state index contributed by atoms with van der Waals surface area (Å²) >= 11 is 8.02. The highest BCUT2D eigenvalue weighted by atomic mass is 35.5. The minimum atomic E-state index is -1.04. The number of anilines is 1. The van der Waals surface area contributed by atoms with Crippen LogP contribution in [0.5, 0.6) is 0 Å². The number of alkyl carbamates (subject to hydrolysis) is 1. The molecule has 2 aromatic rings. The molecule has 7 nitrogen and oxygen atoms in total. The number of halogens is 1. The number of rotatable bonds is 10. The lowest BCUT2D eigenvalue weighted by atomic mass is 9.87. The molecule has 40 heavy (non-hydrogen) atoms. The lowest BCUT2D eigenvalue weighted by Crippen LogP contribution is -2.57. The van der Waals surface area contributed by atoms with Gasteiger partial charge in [-0.05, 0) is 88.6 Å². The van der Waals surface area contributed by atoms with Gasteiger partial charge < -0.3 is 20.3 Å². The van der Waals surface area contributed by atoms with E-state index >= 15 is 0 Å². The molecule has 0 saturated heterocycles. The van der Waals surface area contributed by atoms with E-state index in [2.05, 4.69) is 16.6 Å². The number of carbonyl (C=O) groups is 3. The second-order valence-corrected chi connectivity index (χ2v) is 12.3. The zero-order chi connectivity index (χ0) is 29.4. The zero-order valence-electron chi connectivity index (χ0n) is 23.8. The van der Waals surface area contributed by atoms with E-state index in [9.17, 15) is 14.4 Å². The summed E-state index contributed by atoms with van der Waals surface area (Å²) in [6, 6.07) is 10.4. The molecule has 0 bridgehead atoms. The number of carbonyl (C=O) groups excluding carboxylic acids is 3. The van der Waals surface area contributed by atoms with Crippen LogP contribution >= 0.6 is 23.4 Å². The predicted octanol–water partition coefficient (Wildman–Crippen LogP) is 6.34. The Balaban J connectivity index is 2.09. The van der Waals surface area contributed by atoms with Gasteiger partial charge in [-0.15, -0.1) is 6.42 Å². The third kappa shape index (κ3) is 7.96. The molecule has 1 aliphatic rings. The van der Waals surface area contributed by atoms with Gasteiger partial charge in [0.1, 0.15) is 17.7 Å². The lowest BCUT2D eigenvalue weighted by molar-refractivity contribution is -0.145. The van der Waals surface area contributed by atoms with Gasteiger partial charge in [0.05, 0.1) is 10.7 Å². The molecule has 214 valence electrons. The molecule has 2 atom stereocenters.